The van der Waals surface area contributed by atoms with E-state index in [0.717, 1.165) is 86.7 Å². The number of hydrogen-bond acceptors (Lipinski definition) is 6. The number of ketones is 1. The van der Waals surface area contributed by atoms with Crippen molar-refractivity contribution in [2.24, 2.45) is 22.2 Å². The number of carbonyl (C=O) groups excluding carboxylic acids is 3. The predicted molar refractivity (Wildman–Crippen MR) is 260 cm³/mol. The molecule has 0 radical (unpaired) electrons. The summed E-state index contributed by atoms with van der Waals surface area (Å²) in [4.78, 5) is 53.2. The number of unbranched alkanes of at least 4 members (excludes halogenated alkanes) is 2. The van der Waals surface area contributed by atoms with Crippen molar-refractivity contribution in [2.45, 2.75) is 216 Å². The first-order valence-corrected chi connectivity index (χ1v) is 24.5. The van der Waals surface area contributed by atoms with Gasteiger partial charge in [0.1, 0.15) is 5.76 Å². The molecular weight excluding hydrogens is 769 g/mol. The SMILES string of the molecule is CCCCC(CC)C(=O)N=C1C=C2C(=CC1=C1C(=O)C(c3cc4c(cc3NC(=O)C(CC)CCCC)N(C(C)C)C(C)(CCC)C4(C)C)=C1O)C(C)(C)C(C)(CCC)N2C(C)C. The second kappa shape index (κ2) is 18.6. The summed E-state index contributed by atoms with van der Waals surface area (Å²) >= 11 is 0. The molecule has 0 aromatic heterocycles. The Hall–Kier alpha value is -3.94. The maximum Gasteiger partial charge on any atom is 0.249 e. The molecule has 0 bridgehead atoms. The lowest BCUT2D eigenvalue weighted by atomic mass is 9.67. The van der Waals surface area contributed by atoms with E-state index < -0.39 is 0 Å². The van der Waals surface area contributed by atoms with Crippen LogP contribution >= 0.6 is 0 Å². The summed E-state index contributed by atoms with van der Waals surface area (Å²) in [7, 11) is 0. The van der Waals surface area contributed by atoms with E-state index in [1.54, 1.807) is 0 Å². The number of aliphatic hydroxyl groups excluding tert-OH is 1. The highest BCUT2D eigenvalue weighted by Crippen LogP contribution is 2.60. The van der Waals surface area contributed by atoms with E-state index in [-0.39, 0.29) is 80.3 Å². The number of rotatable bonds is 18. The molecule has 4 unspecified atom stereocenters. The fourth-order valence-electron chi connectivity index (χ4n) is 11.7. The molecule has 1 fully saturated rings. The molecule has 0 spiro atoms. The molecule has 62 heavy (non-hydrogen) atoms. The number of hydrogen-bond donors (Lipinski definition) is 2. The summed E-state index contributed by atoms with van der Waals surface area (Å²) in [5.41, 5.74) is 5.51. The minimum absolute atomic E-state index is 0.0678. The molecular formula is C54H82N4O4. The van der Waals surface area contributed by atoms with E-state index in [4.69, 9.17) is 4.99 Å². The molecule has 2 amide bonds. The monoisotopic (exact) mass is 851 g/mol. The lowest BCUT2D eigenvalue weighted by Crippen LogP contribution is -2.55. The summed E-state index contributed by atoms with van der Waals surface area (Å²) in [6.07, 6.45) is 14.8. The van der Waals surface area contributed by atoms with Gasteiger partial charge in [0, 0.05) is 68.3 Å². The van der Waals surface area contributed by atoms with Gasteiger partial charge in [-0.05, 0) is 115 Å². The first kappa shape index (κ1) is 49.1. The standard InChI is InChI=1S/C54H82N4O4/c1-17-23-25-35(21-5)49(61)55-41-31-43-39(51(11,12)53(15,27-19-3)57(43)33(7)8)29-37(41)45-47(59)46(48(45)60)38-30-40-44(32-42(38)56-50(62)36(22-6)26-24-18-2)58(34(9)10)54(16,28-20-4)52(40,13)14/h29-36,59H,17-28H2,1-16H3,(H,55,61). The van der Waals surface area contributed by atoms with E-state index in [9.17, 15) is 14.7 Å². The van der Waals surface area contributed by atoms with E-state index in [1.165, 1.54) is 0 Å². The molecule has 4 aliphatic rings. The highest BCUT2D eigenvalue weighted by Gasteiger charge is 2.58. The third-order valence-corrected chi connectivity index (χ3v) is 15.9. The second-order valence-electron chi connectivity index (χ2n) is 20.9. The van der Waals surface area contributed by atoms with Gasteiger partial charge in [-0.2, -0.15) is 0 Å². The van der Waals surface area contributed by atoms with Crippen molar-refractivity contribution in [1.82, 2.24) is 4.90 Å². The number of carbonyl (C=O) groups is 3. The van der Waals surface area contributed by atoms with Crippen molar-refractivity contribution in [3.8, 4) is 0 Å². The van der Waals surface area contributed by atoms with Crippen molar-refractivity contribution < 1.29 is 19.5 Å². The van der Waals surface area contributed by atoms with E-state index >= 15 is 4.79 Å². The minimum Gasteiger partial charge on any atom is -0.506 e. The van der Waals surface area contributed by atoms with Crippen LogP contribution in [0.1, 0.15) is 199 Å². The quantitative estimate of drug-likeness (QED) is 0.143. The summed E-state index contributed by atoms with van der Waals surface area (Å²) in [5.74, 6) is -1.08. The molecule has 2 heterocycles. The zero-order chi connectivity index (χ0) is 46.3. The van der Waals surface area contributed by atoms with Crippen LogP contribution in [0.3, 0.4) is 0 Å². The predicted octanol–water partition coefficient (Wildman–Crippen LogP) is 13.4. The maximum absolute atomic E-state index is 15.1. The Morgan fingerprint density at radius 2 is 1.27 bits per heavy atom. The van der Waals surface area contributed by atoms with Gasteiger partial charge in [0.05, 0.1) is 22.5 Å². The van der Waals surface area contributed by atoms with Gasteiger partial charge < -0.3 is 20.2 Å². The van der Waals surface area contributed by atoms with Crippen LogP contribution in [0.15, 0.2) is 57.5 Å². The second-order valence-corrected chi connectivity index (χ2v) is 20.9. The molecule has 5 rings (SSSR count). The highest BCUT2D eigenvalue weighted by molar-refractivity contribution is 6.42. The molecule has 342 valence electrons. The van der Waals surface area contributed by atoms with Gasteiger partial charge in [-0.3, -0.25) is 14.4 Å². The number of aliphatic imine (C=N–C) groups is 1. The molecule has 2 N–H and O–H groups in total. The molecule has 4 atom stereocenters. The molecule has 1 saturated heterocycles. The Morgan fingerprint density at radius 3 is 1.77 bits per heavy atom. The zero-order valence-corrected chi connectivity index (χ0v) is 41.6. The minimum atomic E-state index is -0.327. The summed E-state index contributed by atoms with van der Waals surface area (Å²) in [6.45, 7) is 35.5. The molecule has 8 nitrogen and oxygen atoms in total. The first-order chi connectivity index (χ1) is 29.1. The smallest absolute Gasteiger partial charge is 0.249 e. The summed E-state index contributed by atoms with van der Waals surface area (Å²) in [6, 6.07) is 4.49. The summed E-state index contributed by atoms with van der Waals surface area (Å²) < 4.78 is 0. The average molecular weight is 851 g/mol. The number of Topliss-reactive ketones (excluding diaryl/α,β-unsaturated/α-hetero) is 1. The largest absolute Gasteiger partial charge is 0.506 e. The van der Waals surface area contributed by atoms with Crippen molar-refractivity contribution >= 4 is 40.3 Å². The number of nitrogens with zero attached hydrogens (tertiary/aromatic N) is 3. The maximum atomic E-state index is 15.1. The van der Waals surface area contributed by atoms with E-state index in [0.29, 0.717) is 35.4 Å². The van der Waals surface area contributed by atoms with Gasteiger partial charge >= 0.3 is 0 Å². The van der Waals surface area contributed by atoms with Crippen LogP contribution in [-0.2, 0) is 19.8 Å². The van der Waals surface area contributed by atoms with Crippen LogP contribution < -0.4 is 10.2 Å². The topological polar surface area (TPSA) is 102 Å². The number of fused-ring (bicyclic) bond motifs is 2. The lowest BCUT2D eigenvalue weighted by Gasteiger charge is -2.47. The van der Waals surface area contributed by atoms with Crippen LogP contribution in [-0.4, -0.2) is 56.5 Å². The zero-order valence-electron chi connectivity index (χ0n) is 41.6. The van der Waals surface area contributed by atoms with Crippen LogP contribution in [0.4, 0.5) is 11.4 Å². The van der Waals surface area contributed by atoms with Gasteiger partial charge in [0.25, 0.3) is 0 Å². The van der Waals surface area contributed by atoms with Crippen molar-refractivity contribution in [1.29, 1.82) is 0 Å². The van der Waals surface area contributed by atoms with Crippen molar-refractivity contribution in [3.05, 3.63) is 63.6 Å². The van der Waals surface area contributed by atoms with Gasteiger partial charge in [-0.15, -0.1) is 0 Å². The Kier molecular flexibility index (Phi) is 14.8. The van der Waals surface area contributed by atoms with Crippen LogP contribution in [0.25, 0.3) is 5.57 Å². The van der Waals surface area contributed by atoms with E-state index in [1.807, 2.05) is 13.0 Å². The van der Waals surface area contributed by atoms with Gasteiger partial charge in [0.2, 0.25) is 17.6 Å². The third kappa shape index (κ3) is 7.97. The third-order valence-electron chi connectivity index (χ3n) is 15.9. The number of nitrogens with one attached hydrogen (secondary N) is 1. The van der Waals surface area contributed by atoms with Crippen molar-refractivity contribution in [3.63, 3.8) is 0 Å². The van der Waals surface area contributed by atoms with Crippen LogP contribution in [0.2, 0.25) is 0 Å². The molecule has 2 aliphatic carbocycles. The number of allylic oxidation sites excluding steroid dienone is 6. The number of amides is 2. The number of anilines is 2. The molecule has 8 heteroatoms. The fourth-order valence-corrected chi connectivity index (χ4v) is 11.7. The van der Waals surface area contributed by atoms with Gasteiger partial charge in [0.15, 0.2) is 0 Å². The molecule has 2 aliphatic heterocycles. The molecule has 1 aromatic rings. The Labute approximate surface area is 375 Å². The number of likely N-dealkylation sites (tertiary alicyclic amines) is 1. The molecule has 0 saturated carbocycles. The lowest BCUT2D eigenvalue weighted by molar-refractivity contribution is -0.122. The highest BCUT2D eigenvalue weighted by atomic mass is 16.3. The summed E-state index contributed by atoms with van der Waals surface area (Å²) in [5, 5.41) is 15.8. The number of aliphatic hydroxyl groups is 1. The fraction of sp³-hybridized carbons (Fsp3) is 0.667. The van der Waals surface area contributed by atoms with Crippen LogP contribution in [0.5, 0.6) is 0 Å². The van der Waals surface area contributed by atoms with E-state index in [2.05, 4.69) is 137 Å². The molecule has 1 aromatic carbocycles. The normalized spacial score (nSPS) is 25.6. The Bertz CT molecular complexity index is 2080. The average Bonchev–Trinajstić information content (AvgIpc) is 3.47. The van der Waals surface area contributed by atoms with Gasteiger partial charge in [-0.1, -0.05) is 108 Å². The van der Waals surface area contributed by atoms with Crippen LogP contribution in [0, 0.1) is 17.3 Å². The Balaban J connectivity index is 1.81. The van der Waals surface area contributed by atoms with Crippen molar-refractivity contribution in [2.75, 3.05) is 10.2 Å². The number of benzene rings is 1. The Morgan fingerprint density at radius 1 is 0.726 bits per heavy atom. The first-order valence-electron chi connectivity index (χ1n) is 24.5. The van der Waals surface area contributed by atoms with Gasteiger partial charge in [-0.25, -0.2) is 4.99 Å².